The number of hydrogen-bond donors (Lipinski definition) is 0. The molecule has 524 valence electrons. The van der Waals surface area contributed by atoms with Crippen LogP contribution < -0.4 is 0 Å². The molecule has 0 spiro atoms. The fourth-order valence-electron chi connectivity index (χ4n) is 10.8. The molecule has 0 aromatic heterocycles. The van der Waals surface area contributed by atoms with Crippen molar-refractivity contribution in [2.24, 2.45) is 0 Å². The average molecular weight is 1360 g/mol. The molecule has 2 rings (SSSR count). The number of hydrogen-bond acceptors (Lipinski definition) is 14. The van der Waals surface area contributed by atoms with Gasteiger partial charge in [0.2, 0.25) is 0 Å². The van der Waals surface area contributed by atoms with Crippen molar-refractivity contribution in [3.8, 4) is 0 Å². The van der Waals surface area contributed by atoms with Crippen LogP contribution in [-0.4, -0.2) is 114 Å². The Bertz CT molecular complexity index is 2400. The smallest absolute Gasteiger partial charge is 0.744 e. The van der Waals surface area contributed by atoms with E-state index in [1.807, 2.05) is 24.3 Å². The van der Waals surface area contributed by atoms with E-state index in [1.165, 1.54) is 230 Å². The summed E-state index contributed by atoms with van der Waals surface area (Å²) < 4.78 is 92.3. The van der Waals surface area contributed by atoms with Gasteiger partial charge in [0.1, 0.15) is 46.7 Å². The molecule has 0 amide bonds. The minimum absolute atomic E-state index is 0. The summed E-state index contributed by atoms with van der Waals surface area (Å²) in [5, 5.41) is 0. The first-order chi connectivity index (χ1) is 44.6. The van der Waals surface area contributed by atoms with Crippen LogP contribution in [0.25, 0.3) is 0 Å². The predicted molar refractivity (Wildman–Crippen MR) is 378 cm³/mol. The fourth-order valence-corrected chi connectivity index (χ4v) is 12.2. The average Bonchev–Trinajstić information content (AvgIpc) is 0.820. The van der Waals surface area contributed by atoms with Crippen molar-refractivity contribution in [3.05, 3.63) is 107 Å². The van der Waals surface area contributed by atoms with Crippen molar-refractivity contribution in [2.75, 3.05) is 26.4 Å². The molecule has 2 aromatic rings. The van der Waals surface area contributed by atoms with E-state index in [-0.39, 0.29) is 75.3 Å². The Morgan fingerprint density at radius 1 is 0.301 bits per heavy atom. The van der Waals surface area contributed by atoms with Crippen molar-refractivity contribution in [3.63, 3.8) is 0 Å². The maximum atomic E-state index is 12.9. The van der Waals surface area contributed by atoms with Gasteiger partial charge in [-0.15, -0.1) is 0 Å². The summed E-state index contributed by atoms with van der Waals surface area (Å²) in [4.78, 5) is 49.8. The molecule has 0 radical (unpaired) electrons. The van der Waals surface area contributed by atoms with Gasteiger partial charge in [-0.2, -0.15) is 0 Å². The number of carbonyl (C=O) groups excluding carboxylic acids is 4. The SMILES string of the molecule is CCCCCCCCCCCC/C=C/COC(=O)c1cccc(S(=O)(=O)[O-])c1C(=O)OC/C=C/CCCCCCCCCCCC.CCCCCCCCCCCC/C=C/COC(=O)c1cccc(S(=O)(=O)[O-])c1C(=O)OC/C=C/CCCCCCCCCCCC.[Ca+2]. The van der Waals surface area contributed by atoms with Crippen LogP contribution in [0.2, 0.25) is 0 Å². The molecule has 14 nitrogen and oxygen atoms in total. The van der Waals surface area contributed by atoms with Crippen LogP contribution in [0.3, 0.4) is 0 Å². The zero-order valence-electron chi connectivity index (χ0n) is 58.3. The number of ether oxygens (including phenoxy) is 4. The molecule has 17 heteroatoms. The van der Waals surface area contributed by atoms with Gasteiger partial charge in [-0.25, -0.2) is 36.0 Å². The first-order valence-corrected chi connectivity index (χ1v) is 38.9. The van der Waals surface area contributed by atoms with Crippen LogP contribution in [0.1, 0.15) is 352 Å². The summed E-state index contributed by atoms with van der Waals surface area (Å²) in [7, 11) is -10.1. The van der Waals surface area contributed by atoms with Crippen molar-refractivity contribution < 1.29 is 64.1 Å². The molecule has 0 fully saturated rings. The third kappa shape index (κ3) is 48.7. The first kappa shape index (κ1) is 89.4. The van der Waals surface area contributed by atoms with E-state index in [4.69, 9.17) is 18.9 Å². The monoisotopic (exact) mass is 1360 g/mol. The molecule has 0 aliphatic rings. The van der Waals surface area contributed by atoms with Gasteiger partial charge in [0.05, 0.1) is 32.0 Å². The van der Waals surface area contributed by atoms with Crippen LogP contribution in [-0.2, 0) is 39.2 Å². The van der Waals surface area contributed by atoms with Crippen LogP contribution >= 0.6 is 0 Å². The van der Waals surface area contributed by atoms with Gasteiger partial charge >= 0.3 is 61.6 Å². The number of benzene rings is 2. The van der Waals surface area contributed by atoms with Crippen LogP contribution in [0.5, 0.6) is 0 Å². The molecule has 0 bridgehead atoms. The molecule has 0 unspecified atom stereocenters. The van der Waals surface area contributed by atoms with E-state index in [2.05, 4.69) is 27.7 Å². The molecule has 0 N–H and O–H groups in total. The number of esters is 4. The van der Waals surface area contributed by atoms with E-state index in [0.717, 1.165) is 89.2 Å². The topological polar surface area (TPSA) is 220 Å². The quantitative estimate of drug-likeness (QED) is 0.0150. The first-order valence-electron chi connectivity index (χ1n) is 36.1. The summed E-state index contributed by atoms with van der Waals surface area (Å²) in [6.07, 6.45) is 68.4. The van der Waals surface area contributed by atoms with Gasteiger partial charge < -0.3 is 28.1 Å². The Morgan fingerprint density at radius 3 is 0.699 bits per heavy atom. The van der Waals surface area contributed by atoms with E-state index >= 15 is 0 Å². The molecular weight excluding hydrogens is 1240 g/mol. The van der Waals surface area contributed by atoms with Crippen LogP contribution in [0.15, 0.2) is 94.8 Å². The Kier molecular flexibility index (Phi) is 59.5. The van der Waals surface area contributed by atoms with Gasteiger partial charge in [0, 0.05) is 0 Å². The maximum absolute atomic E-state index is 12.9. The second kappa shape index (κ2) is 61.9. The number of carbonyl (C=O) groups is 4. The Morgan fingerprint density at radius 2 is 0.495 bits per heavy atom. The van der Waals surface area contributed by atoms with Gasteiger partial charge in [0.25, 0.3) is 0 Å². The van der Waals surface area contributed by atoms with E-state index < -0.39 is 65.0 Å². The fraction of sp³-hybridized carbons (Fsp3) is 0.684. The summed E-state index contributed by atoms with van der Waals surface area (Å²) in [5.41, 5.74) is -1.78. The third-order valence-corrected chi connectivity index (χ3v) is 18.0. The molecule has 2 aromatic carbocycles. The molecule has 0 saturated heterocycles. The molecule has 0 aliphatic carbocycles. The van der Waals surface area contributed by atoms with Gasteiger partial charge in [0.15, 0.2) is 0 Å². The number of unbranched alkanes of at least 4 members (excludes halogenated alkanes) is 40. The van der Waals surface area contributed by atoms with E-state index in [0.29, 0.717) is 0 Å². The summed E-state index contributed by atoms with van der Waals surface area (Å²) in [5.74, 6) is -3.89. The van der Waals surface area contributed by atoms with Crippen LogP contribution in [0.4, 0.5) is 0 Å². The Balaban J connectivity index is 0.00000180. The number of rotatable bonds is 58. The summed E-state index contributed by atoms with van der Waals surface area (Å²) in [6.45, 7) is 8.68. The third-order valence-electron chi connectivity index (χ3n) is 16.2. The van der Waals surface area contributed by atoms with E-state index in [9.17, 15) is 45.1 Å². The summed E-state index contributed by atoms with van der Waals surface area (Å²) in [6, 6.07) is 7.02. The Labute approximate surface area is 595 Å². The van der Waals surface area contributed by atoms with Gasteiger partial charge in [-0.1, -0.05) is 320 Å². The normalized spacial score (nSPS) is 11.8. The maximum Gasteiger partial charge on any atom is 2.00 e. The van der Waals surface area contributed by atoms with Gasteiger partial charge in [-0.3, -0.25) is 0 Å². The molecule has 0 atom stereocenters. The van der Waals surface area contributed by atoms with Gasteiger partial charge in [-0.05, 0) is 75.6 Å². The van der Waals surface area contributed by atoms with Crippen LogP contribution in [0, 0.1) is 0 Å². The zero-order valence-corrected chi connectivity index (χ0v) is 62.1. The zero-order chi connectivity index (χ0) is 67.4. The minimum Gasteiger partial charge on any atom is -0.744 e. The summed E-state index contributed by atoms with van der Waals surface area (Å²) >= 11 is 0. The second-order valence-corrected chi connectivity index (χ2v) is 27.1. The largest absolute Gasteiger partial charge is 2.00 e. The molecule has 0 heterocycles. The van der Waals surface area contributed by atoms with E-state index in [1.54, 1.807) is 24.3 Å². The molecule has 0 saturated carbocycles. The predicted octanol–water partition coefficient (Wildman–Crippen LogP) is 20.9. The molecular formula is C76H122CaO14S2. The minimum atomic E-state index is -5.03. The molecule has 0 aliphatic heterocycles. The molecule has 93 heavy (non-hydrogen) atoms. The van der Waals surface area contributed by atoms with Crippen molar-refractivity contribution >= 4 is 81.9 Å². The standard InChI is InChI=1S/2C38H62O7S.Ca/c2*1-3-5-7-9-11-13-15-17-19-21-23-25-27-32-44-37(39)34-30-29-31-35(46(41,42)43)36(34)38(40)45-33-28-26-24-22-20-18-16-14-12-10-8-6-4-2;/h2*25-31H,3-24,32-33H2,1-2H3,(H,41,42,43);/q;;+2/p-2/b2*27-25+,28-26+;. The van der Waals surface area contributed by atoms with Crippen molar-refractivity contribution in [1.29, 1.82) is 0 Å². The Hall–Kier alpha value is -3.64. The number of allylic oxidation sites excluding steroid dienone is 4. The van der Waals surface area contributed by atoms with Crippen molar-refractivity contribution in [2.45, 2.75) is 320 Å². The van der Waals surface area contributed by atoms with Crippen molar-refractivity contribution in [1.82, 2.24) is 0 Å². The second-order valence-electron chi connectivity index (χ2n) is 24.4.